The number of benzene rings is 3. The number of imide groups is 1. The molecule has 176 valence electrons. The number of urea groups is 1. The van der Waals surface area contributed by atoms with E-state index in [0.29, 0.717) is 12.2 Å². The molecule has 1 fully saturated rings. The first-order chi connectivity index (χ1) is 16.5. The van der Waals surface area contributed by atoms with Crippen LogP contribution in [0.1, 0.15) is 31.7 Å². The molecular weight excluding hydrogens is 428 g/mol. The molecule has 0 bridgehead atoms. The highest BCUT2D eigenvalue weighted by Gasteiger charge is 2.52. The van der Waals surface area contributed by atoms with Crippen molar-refractivity contribution in [1.29, 1.82) is 0 Å². The van der Waals surface area contributed by atoms with Gasteiger partial charge in [0.25, 0.3) is 5.91 Å². The Morgan fingerprint density at radius 1 is 0.912 bits per heavy atom. The summed E-state index contributed by atoms with van der Waals surface area (Å²) in [6.07, 6.45) is 1.19. The zero-order chi connectivity index (χ0) is 24.0. The Balaban J connectivity index is 1.39. The number of carbonyl (C=O) groups excluding carboxylic acids is 2. The molecule has 34 heavy (non-hydrogen) atoms. The van der Waals surface area contributed by atoms with Crippen LogP contribution in [-0.4, -0.2) is 41.2 Å². The number of hydrogen-bond acceptors (Lipinski definition) is 4. The monoisotopic (exact) mass is 458 g/mol. The number of amides is 3. The predicted octanol–water partition coefficient (Wildman–Crippen LogP) is 4.73. The van der Waals surface area contributed by atoms with Gasteiger partial charge < -0.3 is 15.2 Å². The topological polar surface area (TPSA) is 78.9 Å². The van der Waals surface area contributed by atoms with Gasteiger partial charge >= 0.3 is 6.03 Å². The predicted molar refractivity (Wildman–Crippen MR) is 131 cm³/mol. The maximum atomic E-state index is 13.4. The molecule has 0 radical (unpaired) electrons. The highest BCUT2D eigenvalue weighted by atomic mass is 16.5. The van der Waals surface area contributed by atoms with E-state index >= 15 is 0 Å². The van der Waals surface area contributed by atoms with Crippen LogP contribution in [0.2, 0.25) is 0 Å². The minimum absolute atomic E-state index is 0.0327. The molecule has 6 heteroatoms. The van der Waals surface area contributed by atoms with Gasteiger partial charge in [-0.25, -0.2) is 4.79 Å². The lowest BCUT2D eigenvalue weighted by molar-refractivity contribution is -0.133. The van der Waals surface area contributed by atoms with Crippen LogP contribution in [0.25, 0.3) is 11.1 Å². The van der Waals surface area contributed by atoms with Gasteiger partial charge in [-0.15, -0.1) is 0 Å². The summed E-state index contributed by atoms with van der Waals surface area (Å²) in [6.45, 7) is 1.88. The number of nitrogens with one attached hydrogen (secondary N) is 1. The van der Waals surface area contributed by atoms with Crippen molar-refractivity contribution in [3.05, 3.63) is 90.5 Å². The van der Waals surface area contributed by atoms with Crippen molar-refractivity contribution >= 4 is 11.9 Å². The Bertz CT molecular complexity index is 1100. The molecule has 3 amide bonds. The van der Waals surface area contributed by atoms with Gasteiger partial charge in [-0.2, -0.15) is 0 Å². The summed E-state index contributed by atoms with van der Waals surface area (Å²) in [5, 5.41) is 13.5. The number of unbranched alkanes of at least 4 members (excludes halogenated alkanes) is 1. The lowest BCUT2D eigenvalue weighted by Crippen LogP contribution is -2.45. The fourth-order valence-corrected chi connectivity index (χ4v) is 4.30. The largest absolute Gasteiger partial charge is 0.491 e. The number of ether oxygens (including phenoxy) is 1. The molecule has 6 nitrogen and oxygen atoms in total. The Labute approximate surface area is 200 Å². The second-order valence-electron chi connectivity index (χ2n) is 8.58. The third-order valence-corrected chi connectivity index (χ3v) is 6.14. The smallest absolute Gasteiger partial charge is 0.325 e. The third-order valence-electron chi connectivity index (χ3n) is 6.14. The van der Waals surface area contributed by atoms with Gasteiger partial charge in [-0.3, -0.25) is 9.69 Å². The van der Waals surface area contributed by atoms with Crippen molar-refractivity contribution in [1.82, 2.24) is 10.2 Å². The fraction of sp³-hybridized carbons (Fsp3) is 0.286. The van der Waals surface area contributed by atoms with Crippen LogP contribution in [-0.2, 0) is 10.3 Å². The average molecular weight is 459 g/mol. The van der Waals surface area contributed by atoms with Gasteiger partial charge in [0.1, 0.15) is 24.0 Å². The van der Waals surface area contributed by atoms with Crippen LogP contribution in [0.3, 0.4) is 0 Å². The number of β-amino-alcohol motifs (C(OH)–C–C–N with tert-alkyl or cyclic N) is 1. The molecule has 1 aliphatic heterocycles. The molecule has 1 heterocycles. The van der Waals surface area contributed by atoms with E-state index in [0.717, 1.165) is 34.4 Å². The second kappa shape index (κ2) is 10.5. The van der Waals surface area contributed by atoms with E-state index in [1.165, 1.54) is 0 Å². The Morgan fingerprint density at radius 2 is 1.53 bits per heavy atom. The average Bonchev–Trinajstić information content (AvgIpc) is 3.12. The molecule has 0 saturated carbocycles. The van der Waals surface area contributed by atoms with Crippen LogP contribution < -0.4 is 10.1 Å². The molecule has 1 saturated heterocycles. The molecule has 2 N–H and O–H groups in total. The maximum Gasteiger partial charge on any atom is 0.325 e. The van der Waals surface area contributed by atoms with E-state index in [1.807, 2.05) is 91.9 Å². The van der Waals surface area contributed by atoms with Crippen LogP contribution in [0.15, 0.2) is 84.9 Å². The van der Waals surface area contributed by atoms with E-state index in [2.05, 4.69) is 5.32 Å². The molecule has 2 atom stereocenters. The summed E-state index contributed by atoms with van der Waals surface area (Å²) in [7, 11) is 0. The van der Waals surface area contributed by atoms with Crippen molar-refractivity contribution in [2.45, 2.75) is 37.8 Å². The van der Waals surface area contributed by atoms with Gasteiger partial charge in [0.2, 0.25) is 0 Å². The Morgan fingerprint density at radius 3 is 2.18 bits per heavy atom. The summed E-state index contributed by atoms with van der Waals surface area (Å²) in [5.74, 6) is 0.279. The van der Waals surface area contributed by atoms with Crippen LogP contribution in [0, 0.1) is 0 Å². The Kier molecular flexibility index (Phi) is 7.28. The molecule has 0 aliphatic carbocycles. The fourth-order valence-electron chi connectivity index (χ4n) is 4.30. The zero-order valence-electron chi connectivity index (χ0n) is 19.3. The molecule has 3 aromatic carbocycles. The summed E-state index contributed by atoms with van der Waals surface area (Å²) in [5.41, 5.74) is 1.84. The van der Waals surface area contributed by atoms with Crippen LogP contribution in [0.4, 0.5) is 4.79 Å². The Hall–Kier alpha value is -3.64. The molecule has 3 aromatic rings. The van der Waals surface area contributed by atoms with Crippen LogP contribution in [0.5, 0.6) is 5.75 Å². The number of aliphatic hydroxyl groups is 1. The number of hydrogen-bond donors (Lipinski definition) is 2. The molecule has 0 aromatic heterocycles. The highest BCUT2D eigenvalue weighted by molar-refractivity contribution is 6.07. The molecular formula is C28H30N2O4. The minimum Gasteiger partial charge on any atom is -0.491 e. The number of aliphatic hydroxyl groups excluding tert-OH is 1. The number of rotatable bonds is 10. The standard InChI is InChI=1S/C28H30N2O4/c1-2-3-18-28(23-12-8-5-9-13-23)26(32)30(27(33)29-28)19-24(31)20-34-25-16-14-22(15-17-25)21-10-6-4-7-11-21/h4-17,24,31H,2-3,18-20H2,1H3,(H,29,33). The third kappa shape index (κ3) is 4.97. The van der Waals surface area contributed by atoms with E-state index < -0.39 is 17.7 Å². The van der Waals surface area contributed by atoms with Gasteiger partial charge in [-0.1, -0.05) is 92.6 Å². The quantitative estimate of drug-likeness (QED) is 0.431. The second-order valence-corrected chi connectivity index (χ2v) is 8.58. The minimum atomic E-state index is -1.10. The van der Waals surface area contributed by atoms with Crippen molar-refractivity contribution in [2.24, 2.45) is 0 Å². The summed E-state index contributed by atoms with van der Waals surface area (Å²) < 4.78 is 5.72. The van der Waals surface area contributed by atoms with E-state index in [1.54, 1.807) is 0 Å². The summed E-state index contributed by atoms with van der Waals surface area (Å²) in [6, 6.07) is 26.4. The van der Waals surface area contributed by atoms with Gasteiger partial charge in [0, 0.05) is 0 Å². The summed E-state index contributed by atoms with van der Waals surface area (Å²) >= 11 is 0. The maximum absolute atomic E-state index is 13.4. The van der Waals surface area contributed by atoms with Crippen molar-refractivity contribution in [3.8, 4) is 16.9 Å². The van der Waals surface area contributed by atoms with E-state index in [4.69, 9.17) is 4.74 Å². The van der Waals surface area contributed by atoms with E-state index in [9.17, 15) is 14.7 Å². The summed E-state index contributed by atoms with van der Waals surface area (Å²) in [4.78, 5) is 27.3. The number of nitrogens with zero attached hydrogens (tertiary/aromatic N) is 1. The van der Waals surface area contributed by atoms with Gasteiger partial charge in [0.15, 0.2) is 0 Å². The lowest BCUT2D eigenvalue weighted by atomic mass is 9.85. The zero-order valence-corrected chi connectivity index (χ0v) is 19.3. The highest BCUT2D eigenvalue weighted by Crippen LogP contribution is 2.34. The molecule has 4 rings (SSSR count). The first-order valence-electron chi connectivity index (χ1n) is 11.7. The number of carbonyl (C=O) groups is 2. The van der Waals surface area contributed by atoms with Crippen molar-refractivity contribution < 1.29 is 19.4 Å². The lowest BCUT2D eigenvalue weighted by Gasteiger charge is -2.27. The van der Waals surface area contributed by atoms with Gasteiger partial charge in [-0.05, 0) is 35.2 Å². The first kappa shape index (κ1) is 23.5. The molecule has 0 spiro atoms. The van der Waals surface area contributed by atoms with Crippen molar-refractivity contribution in [3.63, 3.8) is 0 Å². The molecule has 1 aliphatic rings. The van der Waals surface area contributed by atoms with Crippen molar-refractivity contribution in [2.75, 3.05) is 13.2 Å². The SMILES string of the molecule is CCCCC1(c2ccccc2)NC(=O)N(CC(O)COc2ccc(-c3ccccc3)cc2)C1=O. The molecule has 2 unspecified atom stereocenters. The normalized spacial score (nSPS) is 18.6. The van der Waals surface area contributed by atoms with Gasteiger partial charge in [0.05, 0.1) is 6.54 Å². The first-order valence-corrected chi connectivity index (χ1v) is 11.7. The van der Waals surface area contributed by atoms with E-state index in [-0.39, 0.29) is 19.1 Å². The van der Waals surface area contributed by atoms with Crippen LogP contribution >= 0.6 is 0 Å².